The second-order valence-corrected chi connectivity index (χ2v) is 6.78. The van der Waals surface area contributed by atoms with Crippen molar-refractivity contribution in [2.75, 3.05) is 19.6 Å². The molecule has 0 radical (unpaired) electrons. The van der Waals surface area contributed by atoms with Gasteiger partial charge in [-0.25, -0.2) is 4.72 Å². The summed E-state index contributed by atoms with van der Waals surface area (Å²) in [6.45, 7) is 8.20. The van der Waals surface area contributed by atoms with Gasteiger partial charge in [0.25, 0.3) is 10.2 Å². The zero-order valence-corrected chi connectivity index (χ0v) is 12.6. The van der Waals surface area contributed by atoms with E-state index in [2.05, 4.69) is 9.82 Å². The summed E-state index contributed by atoms with van der Waals surface area (Å²) in [7, 11) is -3.30. The van der Waals surface area contributed by atoms with Crippen LogP contribution in [-0.2, 0) is 16.8 Å². The maximum atomic E-state index is 12.0. The summed E-state index contributed by atoms with van der Waals surface area (Å²) in [4.78, 5) is 0. The van der Waals surface area contributed by atoms with Crippen molar-refractivity contribution in [1.29, 1.82) is 0 Å². The Morgan fingerprint density at radius 1 is 1.21 bits per heavy atom. The summed E-state index contributed by atoms with van der Waals surface area (Å²) < 4.78 is 29.9. The third-order valence-electron chi connectivity index (χ3n) is 3.76. The molecular weight excluding hydrogens is 264 g/mol. The average Bonchev–Trinajstić information content (AvgIpc) is 2.96. The molecule has 2 heterocycles. The van der Waals surface area contributed by atoms with Gasteiger partial charge in [-0.15, -0.1) is 0 Å². The first-order valence-corrected chi connectivity index (χ1v) is 8.11. The quantitative estimate of drug-likeness (QED) is 0.868. The lowest BCUT2D eigenvalue weighted by Gasteiger charge is -2.16. The molecule has 108 valence electrons. The summed E-state index contributed by atoms with van der Waals surface area (Å²) in [5.41, 5.74) is 3.26. The standard InChI is InChI=1S/C12H22N4O2S/c1-10-11(2)14-16(12(10)3)9-6-13-19(17,18)15-7-4-5-8-15/h13H,4-9H2,1-3H3. The van der Waals surface area contributed by atoms with Crippen molar-refractivity contribution in [3.05, 3.63) is 17.0 Å². The van der Waals surface area contributed by atoms with Gasteiger partial charge in [0.2, 0.25) is 0 Å². The highest BCUT2D eigenvalue weighted by Crippen LogP contribution is 2.12. The molecule has 6 nitrogen and oxygen atoms in total. The largest absolute Gasteiger partial charge is 0.279 e. The van der Waals surface area contributed by atoms with E-state index in [1.54, 1.807) is 0 Å². The van der Waals surface area contributed by atoms with Gasteiger partial charge in [-0.1, -0.05) is 0 Å². The van der Waals surface area contributed by atoms with Crippen molar-refractivity contribution < 1.29 is 8.42 Å². The van der Waals surface area contributed by atoms with E-state index in [0.29, 0.717) is 26.2 Å². The molecule has 0 aliphatic carbocycles. The van der Waals surface area contributed by atoms with Crippen LogP contribution in [0.4, 0.5) is 0 Å². The lowest BCUT2D eigenvalue weighted by Crippen LogP contribution is -2.40. The van der Waals surface area contributed by atoms with Crippen LogP contribution in [-0.4, -0.2) is 42.1 Å². The Balaban J connectivity index is 1.91. The Bertz CT molecular complexity index is 544. The van der Waals surface area contributed by atoms with Gasteiger partial charge >= 0.3 is 0 Å². The molecule has 0 amide bonds. The summed E-state index contributed by atoms with van der Waals surface area (Å²) in [5.74, 6) is 0. The van der Waals surface area contributed by atoms with Crippen LogP contribution in [0.15, 0.2) is 0 Å². The Labute approximate surface area is 115 Å². The minimum Gasteiger partial charge on any atom is -0.268 e. The van der Waals surface area contributed by atoms with Gasteiger partial charge in [-0.05, 0) is 39.2 Å². The van der Waals surface area contributed by atoms with E-state index in [9.17, 15) is 8.42 Å². The predicted octanol–water partition coefficient (Wildman–Crippen LogP) is 0.739. The van der Waals surface area contributed by atoms with Crippen LogP contribution in [0.25, 0.3) is 0 Å². The fourth-order valence-corrected chi connectivity index (χ4v) is 3.58. The molecule has 0 bridgehead atoms. The highest BCUT2D eigenvalue weighted by atomic mass is 32.2. The molecule has 1 N–H and O–H groups in total. The van der Waals surface area contributed by atoms with Crippen LogP contribution < -0.4 is 4.72 Å². The van der Waals surface area contributed by atoms with E-state index in [1.165, 1.54) is 9.87 Å². The maximum Gasteiger partial charge on any atom is 0.279 e. The zero-order chi connectivity index (χ0) is 14.0. The molecule has 1 fully saturated rings. The first-order valence-electron chi connectivity index (χ1n) is 6.67. The first-order chi connectivity index (χ1) is 8.92. The van der Waals surface area contributed by atoms with E-state index in [0.717, 1.165) is 24.2 Å². The van der Waals surface area contributed by atoms with Crippen molar-refractivity contribution in [2.24, 2.45) is 0 Å². The van der Waals surface area contributed by atoms with Crippen molar-refractivity contribution in [2.45, 2.75) is 40.2 Å². The minimum absolute atomic E-state index is 0.375. The molecule has 7 heteroatoms. The van der Waals surface area contributed by atoms with Gasteiger partial charge in [0.05, 0.1) is 12.2 Å². The number of nitrogens with one attached hydrogen (secondary N) is 1. The summed E-state index contributed by atoms with van der Waals surface area (Å²) in [6, 6.07) is 0. The van der Waals surface area contributed by atoms with Gasteiger partial charge in [0, 0.05) is 25.3 Å². The molecule has 19 heavy (non-hydrogen) atoms. The second kappa shape index (κ2) is 5.60. The number of hydrogen-bond acceptors (Lipinski definition) is 3. The smallest absolute Gasteiger partial charge is 0.268 e. The predicted molar refractivity (Wildman–Crippen MR) is 74.2 cm³/mol. The van der Waals surface area contributed by atoms with E-state index in [4.69, 9.17) is 0 Å². The number of aromatic nitrogens is 2. The number of hydrogen-bond donors (Lipinski definition) is 1. The first kappa shape index (κ1) is 14.5. The van der Waals surface area contributed by atoms with Gasteiger partial charge in [-0.3, -0.25) is 4.68 Å². The van der Waals surface area contributed by atoms with Crippen LogP contribution >= 0.6 is 0 Å². The molecule has 0 unspecified atom stereocenters. The van der Waals surface area contributed by atoms with Gasteiger partial charge in [0.15, 0.2) is 0 Å². The van der Waals surface area contributed by atoms with Crippen LogP contribution in [0, 0.1) is 20.8 Å². The van der Waals surface area contributed by atoms with Gasteiger partial charge in [0.1, 0.15) is 0 Å². The SMILES string of the molecule is Cc1nn(CCNS(=O)(=O)N2CCCC2)c(C)c1C. The summed E-state index contributed by atoms with van der Waals surface area (Å²) >= 11 is 0. The fraction of sp³-hybridized carbons (Fsp3) is 0.750. The average molecular weight is 286 g/mol. The van der Waals surface area contributed by atoms with E-state index in [1.807, 2.05) is 25.5 Å². The zero-order valence-electron chi connectivity index (χ0n) is 11.8. The Hall–Kier alpha value is -0.920. The molecule has 1 aliphatic heterocycles. The molecule has 2 rings (SSSR count). The molecule has 0 spiro atoms. The van der Waals surface area contributed by atoms with Crippen LogP contribution in [0.5, 0.6) is 0 Å². The monoisotopic (exact) mass is 286 g/mol. The Morgan fingerprint density at radius 2 is 1.84 bits per heavy atom. The molecule has 0 aromatic carbocycles. The summed E-state index contributed by atoms with van der Waals surface area (Å²) in [5, 5.41) is 4.40. The van der Waals surface area contributed by atoms with Crippen molar-refractivity contribution in [3.8, 4) is 0 Å². The van der Waals surface area contributed by atoms with Crippen molar-refractivity contribution in [1.82, 2.24) is 18.8 Å². The van der Waals surface area contributed by atoms with Gasteiger partial charge in [-0.2, -0.15) is 17.8 Å². The van der Waals surface area contributed by atoms with Crippen molar-refractivity contribution >= 4 is 10.2 Å². The normalized spacial score (nSPS) is 17.2. The lowest BCUT2D eigenvalue weighted by molar-refractivity contribution is 0.460. The molecule has 1 saturated heterocycles. The topological polar surface area (TPSA) is 67.2 Å². The number of rotatable bonds is 5. The summed E-state index contributed by atoms with van der Waals surface area (Å²) in [6.07, 6.45) is 1.91. The molecular formula is C12H22N4O2S. The minimum atomic E-state index is -3.30. The molecule has 1 aromatic rings. The van der Waals surface area contributed by atoms with E-state index >= 15 is 0 Å². The third kappa shape index (κ3) is 3.16. The fourth-order valence-electron chi connectivity index (χ4n) is 2.30. The van der Waals surface area contributed by atoms with Gasteiger partial charge < -0.3 is 0 Å². The Kier molecular flexibility index (Phi) is 4.27. The lowest BCUT2D eigenvalue weighted by atomic mass is 10.2. The van der Waals surface area contributed by atoms with Crippen LogP contribution in [0.3, 0.4) is 0 Å². The molecule has 1 aromatic heterocycles. The maximum absolute atomic E-state index is 12.0. The highest BCUT2D eigenvalue weighted by Gasteiger charge is 2.24. The van der Waals surface area contributed by atoms with Crippen LogP contribution in [0.1, 0.15) is 29.8 Å². The number of nitrogens with zero attached hydrogens (tertiary/aromatic N) is 3. The second-order valence-electron chi connectivity index (χ2n) is 5.02. The third-order valence-corrected chi connectivity index (χ3v) is 5.37. The molecule has 0 saturated carbocycles. The van der Waals surface area contributed by atoms with E-state index in [-0.39, 0.29) is 0 Å². The van der Waals surface area contributed by atoms with Crippen molar-refractivity contribution in [3.63, 3.8) is 0 Å². The van der Waals surface area contributed by atoms with Crippen LogP contribution in [0.2, 0.25) is 0 Å². The molecule has 0 atom stereocenters. The van der Waals surface area contributed by atoms with E-state index < -0.39 is 10.2 Å². The Morgan fingerprint density at radius 3 is 2.37 bits per heavy atom. The number of aryl methyl sites for hydroxylation is 1. The highest BCUT2D eigenvalue weighted by molar-refractivity contribution is 7.87. The molecule has 1 aliphatic rings.